The first-order valence-corrected chi connectivity index (χ1v) is 9.34. The fourth-order valence-electron chi connectivity index (χ4n) is 3.39. The number of amides is 1. The smallest absolute Gasteiger partial charge is 0.274 e. The SMILES string of the molecule is CCc1[nH]nc(C(=O)N2C[C@@H](c3ccccc3)O[C@@H](C(C)(C)C)C2)c1C. The summed E-state index contributed by atoms with van der Waals surface area (Å²) < 4.78 is 6.39. The minimum absolute atomic E-state index is 0.0167. The highest BCUT2D eigenvalue weighted by atomic mass is 16.5. The Morgan fingerprint density at radius 2 is 1.96 bits per heavy atom. The molecule has 26 heavy (non-hydrogen) atoms. The van der Waals surface area contributed by atoms with Crippen molar-refractivity contribution in [3.05, 3.63) is 52.8 Å². The van der Waals surface area contributed by atoms with E-state index in [9.17, 15) is 4.79 Å². The van der Waals surface area contributed by atoms with Crippen LogP contribution in [0.4, 0.5) is 0 Å². The predicted molar refractivity (Wildman–Crippen MR) is 102 cm³/mol. The van der Waals surface area contributed by atoms with Crippen molar-refractivity contribution in [2.75, 3.05) is 13.1 Å². The summed E-state index contributed by atoms with van der Waals surface area (Å²) >= 11 is 0. The summed E-state index contributed by atoms with van der Waals surface area (Å²) in [6, 6.07) is 10.1. The zero-order valence-electron chi connectivity index (χ0n) is 16.4. The normalized spacial score (nSPS) is 21.0. The molecule has 5 nitrogen and oxygen atoms in total. The molecule has 1 amide bonds. The largest absolute Gasteiger partial charge is 0.366 e. The van der Waals surface area contributed by atoms with E-state index in [1.165, 1.54) is 0 Å². The Kier molecular flexibility index (Phi) is 5.19. The first kappa shape index (κ1) is 18.6. The number of rotatable bonds is 3. The van der Waals surface area contributed by atoms with E-state index >= 15 is 0 Å². The lowest BCUT2D eigenvalue weighted by atomic mass is 9.87. The number of nitrogens with one attached hydrogen (secondary N) is 1. The number of aromatic amines is 1. The molecule has 1 aromatic carbocycles. The molecule has 3 rings (SSSR count). The summed E-state index contributed by atoms with van der Waals surface area (Å²) in [6.45, 7) is 11.6. The standard InChI is InChI=1S/C21H29N3O2/c1-6-16-14(2)19(23-22-16)20(25)24-12-17(15-10-8-7-9-11-15)26-18(13-24)21(3,4)5/h7-11,17-18H,6,12-13H2,1-5H3,(H,22,23)/t17-,18+/m0/s1. The van der Waals surface area contributed by atoms with Gasteiger partial charge in [-0.3, -0.25) is 9.89 Å². The molecule has 1 aliphatic rings. The number of morpholine rings is 1. The van der Waals surface area contributed by atoms with Gasteiger partial charge in [0.05, 0.1) is 12.6 Å². The summed E-state index contributed by atoms with van der Waals surface area (Å²) in [5, 5.41) is 7.29. The molecule has 5 heteroatoms. The van der Waals surface area contributed by atoms with E-state index in [1.54, 1.807) is 0 Å². The Bertz CT molecular complexity index is 761. The number of aryl methyl sites for hydroxylation is 1. The number of hydrogen-bond acceptors (Lipinski definition) is 3. The summed E-state index contributed by atoms with van der Waals surface area (Å²) in [5.41, 5.74) is 3.55. The molecule has 2 aromatic rings. The quantitative estimate of drug-likeness (QED) is 0.908. The second-order valence-corrected chi connectivity index (χ2v) is 8.13. The minimum atomic E-state index is -0.122. The van der Waals surface area contributed by atoms with Gasteiger partial charge in [0.25, 0.3) is 5.91 Å². The van der Waals surface area contributed by atoms with Crippen LogP contribution in [0.1, 0.15) is 61.1 Å². The Labute approximate surface area is 155 Å². The third kappa shape index (κ3) is 3.68. The molecule has 0 unspecified atom stereocenters. The van der Waals surface area contributed by atoms with Gasteiger partial charge in [-0.05, 0) is 24.3 Å². The van der Waals surface area contributed by atoms with Crippen molar-refractivity contribution in [2.24, 2.45) is 5.41 Å². The molecule has 0 spiro atoms. The molecule has 1 saturated heterocycles. The fraction of sp³-hybridized carbons (Fsp3) is 0.524. The predicted octanol–water partition coefficient (Wildman–Crippen LogP) is 3.91. The molecule has 1 N–H and O–H groups in total. The third-order valence-electron chi connectivity index (χ3n) is 5.19. The minimum Gasteiger partial charge on any atom is -0.366 e. The second-order valence-electron chi connectivity index (χ2n) is 8.13. The number of carbonyl (C=O) groups excluding carboxylic acids is 1. The molecule has 0 bridgehead atoms. The summed E-state index contributed by atoms with van der Waals surface area (Å²) in [4.78, 5) is 15.1. The van der Waals surface area contributed by atoms with Crippen molar-refractivity contribution < 1.29 is 9.53 Å². The number of hydrogen-bond donors (Lipinski definition) is 1. The zero-order chi connectivity index (χ0) is 18.9. The van der Waals surface area contributed by atoms with Crippen molar-refractivity contribution >= 4 is 5.91 Å². The van der Waals surface area contributed by atoms with Crippen LogP contribution in [0.25, 0.3) is 0 Å². The number of aromatic nitrogens is 2. The fourth-order valence-corrected chi connectivity index (χ4v) is 3.39. The van der Waals surface area contributed by atoms with Gasteiger partial charge < -0.3 is 9.64 Å². The van der Waals surface area contributed by atoms with Gasteiger partial charge in [0.2, 0.25) is 0 Å². The molecule has 0 radical (unpaired) electrons. The Morgan fingerprint density at radius 3 is 2.54 bits per heavy atom. The number of H-pyrrole nitrogens is 1. The number of benzene rings is 1. The van der Waals surface area contributed by atoms with Crippen LogP contribution >= 0.6 is 0 Å². The van der Waals surface area contributed by atoms with E-state index in [2.05, 4.69) is 50.0 Å². The first-order valence-electron chi connectivity index (χ1n) is 9.34. The van der Waals surface area contributed by atoms with E-state index in [0.717, 1.165) is 23.2 Å². The summed E-state index contributed by atoms with van der Waals surface area (Å²) in [5.74, 6) is -0.0167. The van der Waals surface area contributed by atoms with Crippen molar-refractivity contribution in [3.8, 4) is 0 Å². The number of carbonyl (C=O) groups is 1. The van der Waals surface area contributed by atoms with Crippen LogP contribution in [-0.2, 0) is 11.2 Å². The highest BCUT2D eigenvalue weighted by molar-refractivity contribution is 5.94. The molecule has 140 valence electrons. The Morgan fingerprint density at radius 1 is 1.27 bits per heavy atom. The topological polar surface area (TPSA) is 58.2 Å². The maximum absolute atomic E-state index is 13.2. The van der Waals surface area contributed by atoms with E-state index in [0.29, 0.717) is 18.8 Å². The van der Waals surface area contributed by atoms with E-state index in [4.69, 9.17) is 4.74 Å². The lowest BCUT2D eigenvalue weighted by molar-refractivity contribution is -0.119. The van der Waals surface area contributed by atoms with Gasteiger partial charge in [-0.2, -0.15) is 5.10 Å². The molecule has 1 aliphatic heterocycles. The first-order chi connectivity index (χ1) is 12.3. The molecule has 0 aliphatic carbocycles. The molecule has 0 saturated carbocycles. The van der Waals surface area contributed by atoms with Crippen LogP contribution in [0.2, 0.25) is 0 Å². The summed E-state index contributed by atoms with van der Waals surface area (Å²) in [6.07, 6.45) is 0.685. The highest BCUT2D eigenvalue weighted by Crippen LogP contribution is 2.34. The lowest BCUT2D eigenvalue weighted by Gasteiger charge is -2.43. The number of ether oxygens (including phenoxy) is 1. The molecular weight excluding hydrogens is 326 g/mol. The molecular formula is C21H29N3O2. The number of nitrogens with zero attached hydrogens (tertiary/aromatic N) is 2. The van der Waals surface area contributed by atoms with Crippen LogP contribution in [0.3, 0.4) is 0 Å². The van der Waals surface area contributed by atoms with Crippen molar-refractivity contribution in [2.45, 2.75) is 53.2 Å². The van der Waals surface area contributed by atoms with Gasteiger partial charge in [-0.25, -0.2) is 0 Å². The Hall–Kier alpha value is -2.14. The lowest BCUT2D eigenvalue weighted by Crippen LogP contribution is -2.51. The van der Waals surface area contributed by atoms with Crippen LogP contribution < -0.4 is 0 Å². The molecule has 2 heterocycles. The monoisotopic (exact) mass is 355 g/mol. The molecule has 1 fully saturated rings. The third-order valence-corrected chi connectivity index (χ3v) is 5.19. The maximum Gasteiger partial charge on any atom is 0.274 e. The maximum atomic E-state index is 13.2. The van der Waals surface area contributed by atoms with Crippen molar-refractivity contribution in [1.29, 1.82) is 0 Å². The van der Waals surface area contributed by atoms with E-state index < -0.39 is 0 Å². The highest BCUT2D eigenvalue weighted by Gasteiger charge is 2.38. The second kappa shape index (κ2) is 7.23. The Balaban J connectivity index is 1.89. The van der Waals surface area contributed by atoms with Crippen LogP contribution in [0, 0.1) is 12.3 Å². The molecule has 1 aromatic heterocycles. The van der Waals surface area contributed by atoms with Crippen molar-refractivity contribution in [3.63, 3.8) is 0 Å². The van der Waals surface area contributed by atoms with Crippen molar-refractivity contribution in [1.82, 2.24) is 15.1 Å². The average Bonchev–Trinajstić information content (AvgIpc) is 3.01. The van der Waals surface area contributed by atoms with Crippen LogP contribution in [-0.4, -0.2) is 40.2 Å². The van der Waals surface area contributed by atoms with E-state index in [1.807, 2.05) is 30.0 Å². The van der Waals surface area contributed by atoms with Gasteiger partial charge in [0, 0.05) is 17.8 Å². The van der Waals surface area contributed by atoms with Gasteiger partial charge in [-0.15, -0.1) is 0 Å². The van der Waals surface area contributed by atoms with Gasteiger partial charge in [0.1, 0.15) is 6.10 Å². The average molecular weight is 355 g/mol. The van der Waals surface area contributed by atoms with Gasteiger partial charge in [0.15, 0.2) is 5.69 Å². The van der Waals surface area contributed by atoms with Gasteiger partial charge >= 0.3 is 0 Å². The van der Waals surface area contributed by atoms with Gasteiger partial charge in [-0.1, -0.05) is 58.0 Å². The van der Waals surface area contributed by atoms with E-state index in [-0.39, 0.29) is 23.5 Å². The zero-order valence-corrected chi connectivity index (χ0v) is 16.4. The van der Waals surface area contributed by atoms with Crippen LogP contribution in [0.5, 0.6) is 0 Å². The van der Waals surface area contributed by atoms with Crippen LogP contribution in [0.15, 0.2) is 30.3 Å². The molecule has 2 atom stereocenters. The summed E-state index contributed by atoms with van der Waals surface area (Å²) in [7, 11) is 0.